The minimum atomic E-state index is 0.108. The predicted octanol–water partition coefficient (Wildman–Crippen LogP) is 3.14. The van der Waals surface area contributed by atoms with Crippen LogP contribution in [0.15, 0.2) is 73.3 Å². The Morgan fingerprint density at radius 3 is 2.21 bits per heavy atom. The minimum Gasteiger partial charge on any atom is -0.395 e. The number of nitrogens with zero attached hydrogens (tertiary/aromatic N) is 4. The SMILES string of the molecule is O=C(Cc1ccncc1)N1CCCCN2[C@H](CO)[C@@H](c3ccc(-c4ccncc4)cc3)[C@H]2C1. The molecule has 33 heavy (non-hydrogen) atoms. The molecule has 1 N–H and O–H groups in total. The second-order valence-corrected chi connectivity index (χ2v) is 9.02. The summed E-state index contributed by atoms with van der Waals surface area (Å²) in [4.78, 5) is 25.7. The molecule has 0 spiro atoms. The number of fused-ring (bicyclic) bond motifs is 1. The van der Waals surface area contributed by atoms with E-state index in [-0.39, 0.29) is 30.5 Å². The maximum absolute atomic E-state index is 13.1. The summed E-state index contributed by atoms with van der Waals surface area (Å²) in [6.45, 7) is 2.62. The van der Waals surface area contributed by atoms with Crippen LogP contribution < -0.4 is 0 Å². The van der Waals surface area contributed by atoms with Gasteiger partial charge in [-0.1, -0.05) is 24.3 Å². The molecule has 3 atom stereocenters. The van der Waals surface area contributed by atoms with Crippen molar-refractivity contribution >= 4 is 5.91 Å². The molecule has 0 bridgehead atoms. The molecule has 6 nitrogen and oxygen atoms in total. The van der Waals surface area contributed by atoms with Crippen molar-refractivity contribution in [2.75, 3.05) is 26.2 Å². The summed E-state index contributed by atoms with van der Waals surface area (Å²) in [6, 6.07) is 16.8. The highest BCUT2D eigenvalue weighted by atomic mass is 16.3. The highest BCUT2D eigenvalue weighted by molar-refractivity contribution is 5.78. The minimum absolute atomic E-state index is 0.108. The van der Waals surface area contributed by atoms with Gasteiger partial charge in [0.15, 0.2) is 0 Å². The molecule has 2 aliphatic heterocycles. The summed E-state index contributed by atoms with van der Waals surface area (Å²) in [5.41, 5.74) is 4.53. The van der Waals surface area contributed by atoms with E-state index in [0.29, 0.717) is 13.0 Å². The number of carbonyl (C=O) groups excluding carboxylic acids is 1. The zero-order chi connectivity index (χ0) is 22.6. The quantitative estimate of drug-likeness (QED) is 0.658. The maximum atomic E-state index is 13.1. The molecule has 5 rings (SSSR count). The van der Waals surface area contributed by atoms with Gasteiger partial charge in [0.05, 0.1) is 13.0 Å². The van der Waals surface area contributed by atoms with E-state index in [1.165, 1.54) is 5.56 Å². The van der Waals surface area contributed by atoms with Crippen molar-refractivity contribution in [1.82, 2.24) is 19.8 Å². The lowest BCUT2D eigenvalue weighted by atomic mass is 9.74. The Bertz CT molecular complexity index is 1060. The van der Waals surface area contributed by atoms with Gasteiger partial charge in [0, 0.05) is 55.9 Å². The number of amides is 1. The van der Waals surface area contributed by atoms with Gasteiger partial charge in [-0.25, -0.2) is 0 Å². The van der Waals surface area contributed by atoms with Gasteiger partial charge in [-0.3, -0.25) is 19.7 Å². The van der Waals surface area contributed by atoms with E-state index in [9.17, 15) is 9.90 Å². The number of aliphatic hydroxyl groups excluding tert-OH is 1. The first-order valence-corrected chi connectivity index (χ1v) is 11.8. The van der Waals surface area contributed by atoms with Gasteiger partial charge in [-0.2, -0.15) is 0 Å². The molecule has 0 unspecified atom stereocenters. The fourth-order valence-corrected chi connectivity index (χ4v) is 5.40. The third-order valence-electron chi connectivity index (χ3n) is 7.14. The van der Waals surface area contributed by atoms with Gasteiger partial charge in [-0.05, 0) is 65.9 Å². The lowest BCUT2D eigenvalue weighted by Gasteiger charge is -2.57. The fraction of sp³-hybridized carbons (Fsp3) is 0.370. The van der Waals surface area contributed by atoms with E-state index >= 15 is 0 Å². The van der Waals surface area contributed by atoms with Crippen LogP contribution in [-0.2, 0) is 11.2 Å². The molecular formula is C27H30N4O2. The third kappa shape index (κ3) is 4.54. The van der Waals surface area contributed by atoms with E-state index in [1.807, 2.05) is 29.2 Å². The van der Waals surface area contributed by atoms with E-state index in [2.05, 4.69) is 39.1 Å². The summed E-state index contributed by atoms with van der Waals surface area (Å²) >= 11 is 0. The Hall–Kier alpha value is -3.09. The second kappa shape index (κ2) is 9.81. The van der Waals surface area contributed by atoms with E-state index in [4.69, 9.17) is 0 Å². The summed E-state index contributed by atoms with van der Waals surface area (Å²) in [7, 11) is 0. The molecule has 1 amide bonds. The lowest BCUT2D eigenvalue weighted by Crippen LogP contribution is -2.68. The fourth-order valence-electron chi connectivity index (χ4n) is 5.40. The Labute approximate surface area is 194 Å². The largest absolute Gasteiger partial charge is 0.395 e. The number of rotatable bonds is 5. The first kappa shape index (κ1) is 21.7. The number of hydrogen-bond donors (Lipinski definition) is 1. The van der Waals surface area contributed by atoms with Crippen LogP contribution in [0.3, 0.4) is 0 Å². The van der Waals surface area contributed by atoms with Crippen LogP contribution in [0, 0.1) is 0 Å². The third-order valence-corrected chi connectivity index (χ3v) is 7.14. The standard InChI is InChI=1S/C27H30N4O2/c32-19-25-27(23-5-3-21(4-6-23)22-9-13-29-14-10-22)24-18-30(15-1-2-16-31(24)25)26(33)17-20-7-11-28-12-8-20/h3-14,24-25,27,32H,1-2,15-19H2/t24-,25-,27+/m1/s1. The molecule has 2 saturated heterocycles. The van der Waals surface area contributed by atoms with Crippen LogP contribution in [0.2, 0.25) is 0 Å². The number of aliphatic hydroxyl groups is 1. The van der Waals surface area contributed by atoms with Crippen LogP contribution in [0.4, 0.5) is 0 Å². The molecular weight excluding hydrogens is 412 g/mol. The molecule has 0 saturated carbocycles. The molecule has 0 radical (unpaired) electrons. The van der Waals surface area contributed by atoms with Crippen molar-refractivity contribution in [3.8, 4) is 11.1 Å². The summed E-state index contributed by atoms with van der Waals surface area (Å²) in [5, 5.41) is 10.2. The van der Waals surface area contributed by atoms with Crippen molar-refractivity contribution in [2.24, 2.45) is 0 Å². The number of benzene rings is 1. The molecule has 0 aliphatic carbocycles. The normalized spacial score (nSPS) is 23.2. The Morgan fingerprint density at radius 1 is 0.879 bits per heavy atom. The van der Waals surface area contributed by atoms with Crippen molar-refractivity contribution in [3.05, 3.63) is 84.4 Å². The first-order chi connectivity index (χ1) is 16.2. The molecule has 2 aromatic heterocycles. The summed E-state index contributed by atoms with van der Waals surface area (Å²) in [5.74, 6) is 0.387. The van der Waals surface area contributed by atoms with Crippen molar-refractivity contribution < 1.29 is 9.90 Å². The summed E-state index contributed by atoms with van der Waals surface area (Å²) < 4.78 is 0. The predicted molar refractivity (Wildman–Crippen MR) is 128 cm³/mol. The Balaban J connectivity index is 1.35. The molecule has 4 heterocycles. The number of aromatic nitrogens is 2. The maximum Gasteiger partial charge on any atom is 0.227 e. The van der Waals surface area contributed by atoms with Crippen LogP contribution in [0.5, 0.6) is 0 Å². The number of carbonyl (C=O) groups is 1. The lowest BCUT2D eigenvalue weighted by molar-refractivity contribution is -0.135. The highest BCUT2D eigenvalue weighted by Gasteiger charge is 2.49. The first-order valence-electron chi connectivity index (χ1n) is 11.8. The van der Waals surface area contributed by atoms with Crippen molar-refractivity contribution in [3.63, 3.8) is 0 Å². The van der Waals surface area contributed by atoms with Gasteiger partial charge in [0.2, 0.25) is 5.91 Å². The molecule has 170 valence electrons. The highest BCUT2D eigenvalue weighted by Crippen LogP contribution is 2.42. The van der Waals surface area contributed by atoms with Crippen LogP contribution in [-0.4, -0.2) is 69.1 Å². The van der Waals surface area contributed by atoms with Crippen molar-refractivity contribution in [1.29, 1.82) is 0 Å². The molecule has 2 fully saturated rings. The van der Waals surface area contributed by atoms with Gasteiger partial charge in [0.25, 0.3) is 0 Å². The zero-order valence-electron chi connectivity index (χ0n) is 18.8. The monoisotopic (exact) mass is 442 g/mol. The average Bonchev–Trinajstić information content (AvgIpc) is 2.84. The Kier molecular flexibility index (Phi) is 6.46. The smallest absolute Gasteiger partial charge is 0.227 e. The second-order valence-electron chi connectivity index (χ2n) is 9.02. The van der Waals surface area contributed by atoms with Crippen LogP contribution >= 0.6 is 0 Å². The molecule has 3 aromatic rings. The summed E-state index contributed by atoms with van der Waals surface area (Å²) in [6.07, 6.45) is 9.53. The molecule has 6 heteroatoms. The average molecular weight is 443 g/mol. The molecule has 1 aromatic carbocycles. The number of hydrogen-bond acceptors (Lipinski definition) is 5. The van der Waals surface area contributed by atoms with Gasteiger partial charge in [0.1, 0.15) is 0 Å². The van der Waals surface area contributed by atoms with E-state index < -0.39 is 0 Å². The Morgan fingerprint density at radius 2 is 1.52 bits per heavy atom. The number of pyridine rings is 2. The molecule has 2 aliphatic rings. The zero-order valence-corrected chi connectivity index (χ0v) is 18.8. The van der Waals surface area contributed by atoms with Crippen molar-refractivity contribution in [2.45, 2.75) is 37.3 Å². The van der Waals surface area contributed by atoms with Crippen LogP contribution in [0.25, 0.3) is 11.1 Å². The van der Waals surface area contributed by atoms with E-state index in [1.54, 1.807) is 24.8 Å². The topological polar surface area (TPSA) is 69.6 Å². The van der Waals surface area contributed by atoms with Gasteiger partial charge in [-0.15, -0.1) is 0 Å². The van der Waals surface area contributed by atoms with Crippen LogP contribution in [0.1, 0.15) is 29.9 Å². The van der Waals surface area contributed by atoms with Gasteiger partial charge >= 0.3 is 0 Å². The van der Waals surface area contributed by atoms with E-state index in [0.717, 1.165) is 42.6 Å². The van der Waals surface area contributed by atoms with Gasteiger partial charge < -0.3 is 10.0 Å².